The third kappa shape index (κ3) is 6.62. The molecule has 0 saturated carbocycles. The summed E-state index contributed by atoms with van der Waals surface area (Å²) in [6.07, 6.45) is 4.72. The number of carbonyl (C=O) groups is 1. The molecular weight excluding hydrogens is 291 g/mol. The van der Waals surface area contributed by atoms with Gasteiger partial charge in [0.05, 0.1) is 6.61 Å². The molecule has 84 valence electrons. The Bertz CT molecular complexity index is 157. The first kappa shape index (κ1) is 14.2. The van der Waals surface area contributed by atoms with Crippen LogP contribution in [0.25, 0.3) is 0 Å². The summed E-state index contributed by atoms with van der Waals surface area (Å²) in [6.45, 7) is 6.80. The molecule has 0 aliphatic carbocycles. The number of esters is 1. The zero-order chi connectivity index (χ0) is 11.0. The lowest BCUT2D eigenvalue weighted by Crippen LogP contribution is -2.18. The summed E-state index contributed by atoms with van der Waals surface area (Å²) >= 11 is 2.08. The topological polar surface area (TPSA) is 26.3 Å². The van der Waals surface area contributed by atoms with Crippen molar-refractivity contribution in [2.24, 2.45) is 5.92 Å². The van der Waals surface area contributed by atoms with Crippen LogP contribution < -0.4 is 0 Å². The Morgan fingerprint density at radius 1 is 1.43 bits per heavy atom. The van der Waals surface area contributed by atoms with E-state index in [9.17, 15) is 4.79 Å². The van der Waals surface area contributed by atoms with Gasteiger partial charge in [-0.05, 0) is 19.3 Å². The minimum Gasteiger partial charge on any atom is -0.465 e. The second-order valence-corrected chi connectivity index (χ2v) is 5.53. The lowest BCUT2D eigenvalue weighted by atomic mass is 10.0. The van der Waals surface area contributed by atoms with Gasteiger partial charge in [0, 0.05) is 0 Å². The lowest BCUT2D eigenvalue weighted by molar-refractivity contribution is -0.143. The number of carbonyl (C=O) groups excluding carboxylic acids is 1. The van der Waals surface area contributed by atoms with Crippen LogP contribution in [-0.4, -0.2) is 16.5 Å². The Labute approximate surface area is 101 Å². The molecule has 0 heterocycles. The molecule has 0 aromatic rings. The zero-order valence-electron chi connectivity index (χ0n) is 9.38. The average molecular weight is 312 g/mol. The maximum atomic E-state index is 11.2. The standard InChI is InChI=1S/C11H21IO2/c1-4-6-7-10(5-2)8-14-11(13)9(3)12/h9-10H,4-8H2,1-3H3. The third-order valence-corrected chi connectivity index (χ3v) is 2.84. The van der Waals surface area contributed by atoms with E-state index in [-0.39, 0.29) is 9.89 Å². The van der Waals surface area contributed by atoms with Crippen molar-refractivity contribution in [1.82, 2.24) is 0 Å². The number of hydrogen-bond donors (Lipinski definition) is 0. The maximum Gasteiger partial charge on any atom is 0.318 e. The van der Waals surface area contributed by atoms with Crippen LogP contribution in [0.5, 0.6) is 0 Å². The van der Waals surface area contributed by atoms with Crippen molar-refractivity contribution in [2.45, 2.75) is 50.4 Å². The van der Waals surface area contributed by atoms with Gasteiger partial charge in [-0.25, -0.2) is 0 Å². The maximum absolute atomic E-state index is 11.2. The quantitative estimate of drug-likeness (QED) is 0.408. The predicted molar refractivity (Wildman–Crippen MR) is 67.7 cm³/mol. The Morgan fingerprint density at radius 3 is 2.50 bits per heavy atom. The first-order valence-corrected chi connectivity index (χ1v) is 6.67. The van der Waals surface area contributed by atoms with E-state index in [1.54, 1.807) is 0 Å². The summed E-state index contributed by atoms with van der Waals surface area (Å²) < 4.78 is 5.18. The van der Waals surface area contributed by atoms with Crippen LogP contribution in [0.3, 0.4) is 0 Å². The normalized spacial score (nSPS) is 14.9. The summed E-state index contributed by atoms with van der Waals surface area (Å²) in [7, 11) is 0. The summed E-state index contributed by atoms with van der Waals surface area (Å²) in [5.74, 6) is 0.467. The van der Waals surface area contributed by atoms with Gasteiger partial charge in [-0.2, -0.15) is 0 Å². The molecule has 0 bridgehead atoms. The van der Waals surface area contributed by atoms with Crippen LogP contribution in [0.15, 0.2) is 0 Å². The highest BCUT2D eigenvalue weighted by Gasteiger charge is 2.13. The predicted octanol–water partition coefficient (Wildman–Crippen LogP) is 3.57. The smallest absolute Gasteiger partial charge is 0.318 e. The van der Waals surface area contributed by atoms with Gasteiger partial charge in [0.25, 0.3) is 0 Å². The van der Waals surface area contributed by atoms with Crippen LogP contribution in [0.4, 0.5) is 0 Å². The highest BCUT2D eigenvalue weighted by molar-refractivity contribution is 14.1. The first-order valence-electron chi connectivity index (χ1n) is 5.42. The van der Waals surface area contributed by atoms with Crippen molar-refractivity contribution in [1.29, 1.82) is 0 Å². The van der Waals surface area contributed by atoms with Crippen molar-refractivity contribution in [2.75, 3.05) is 6.61 Å². The Kier molecular flexibility index (Phi) is 8.63. The largest absolute Gasteiger partial charge is 0.465 e. The first-order chi connectivity index (χ1) is 6.61. The summed E-state index contributed by atoms with van der Waals surface area (Å²) in [5.41, 5.74) is 0. The zero-order valence-corrected chi connectivity index (χ0v) is 11.5. The molecule has 0 aliphatic rings. The molecule has 0 radical (unpaired) electrons. The van der Waals surface area contributed by atoms with Crippen LogP contribution in [0.2, 0.25) is 0 Å². The van der Waals surface area contributed by atoms with Gasteiger partial charge in [-0.1, -0.05) is 55.7 Å². The van der Waals surface area contributed by atoms with Crippen molar-refractivity contribution >= 4 is 28.6 Å². The minimum atomic E-state index is -0.0828. The van der Waals surface area contributed by atoms with E-state index in [2.05, 4.69) is 36.4 Å². The van der Waals surface area contributed by atoms with E-state index < -0.39 is 0 Å². The Morgan fingerprint density at radius 2 is 2.07 bits per heavy atom. The van der Waals surface area contributed by atoms with Crippen LogP contribution in [0, 0.1) is 5.92 Å². The summed E-state index contributed by atoms with van der Waals surface area (Å²) in [4.78, 5) is 11.2. The van der Waals surface area contributed by atoms with E-state index in [4.69, 9.17) is 4.74 Å². The highest BCUT2D eigenvalue weighted by atomic mass is 127. The monoisotopic (exact) mass is 312 g/mol. The molecule has 0 aliphatic heterocycles. The van der Waals surface area contributed by atoms with Gasteiger partial charge in [-0.3, -0.25) is 4.79 Å². The van der Waals surface area contributed by atoms with E-state index in [1.165, 1.54) is 19.3 Å². The molecule has 0 rings (SSSR count). The third-order valence-electron chi connectivity index (χ3n) is 2.33. The molecule has 0 amide bonds. The molecule has 0 aromatic heterocycles. The second-order valence-electron chi connectivity index (χ2n) is 3.66. The Hall–Kier alpha value is 0.200. The number of ether oxygens (including phenoxy) is 1. The van der Waals surface area contributed by atoms with E-state index >= 15 is 0 Å². The van der Waals surface area contributed by atoms with Gasteiger partial charge in [0.15, 0.2) is 0 Å². The number of halogens is 1. The highest BCUT2D eigenvalue weighted by Crippen LogP contribution is 2.13. The number of unbranched alkanes of at least 4 members (excludes halogenated alkanes) is 1. The molecule has 14 heavy (non-hydrogen) atoms. The fourth-order valence-corrected chi connectivity index (χ4v) is 1.39. The summed E-state index contributed by atoms with van der Waals surface area (Å²) in [6, 6.07) is 0. The number of alkyl halides is 1. The molecule has 0 saturated heterocycles. The molecule has 2 unspecified atom stereocenters. The average Bonchev–Trinajstić information content (AvgIpc) is 2.17. The number of hydrogen-bond acceptors (Lipinski definition) is 2. The molecule has 0 N–H and O–H groups in total. The van der Waals surface area contributed by atoms with Crippen LogP contribution >= 0.6 is 22.6 Å². The molecule has 0 fully saturated rings. The van der Waals surface area contributed by atoms with Gasteiger partial charge in [0.2, 0.25) is 0 Å². The molecule has 2 atom stereocenters. The van der Waals surface area contributed by atoms with E-state index in [1.807, 2.05) is 6.92 Å². The molecule has 0 aromatic carbocycles. The molecule has 2 nitrogen and oxygen atoms in total. The van der Waals surface area contributed by atoms with Crippen molar-refractivity contribution in [3.63, 3.8) is 0 Å². The van der Waals surface area contributed by atoms with Gasteiger partial charge >= 0.3 is 5.97 Å². The lowest BCUT2D eigenvalue weighted by Gasteiger charge is -2.15. The molecule has 0 spiro atoms. The fourth-order valence-electron chi connectivity index (χ4n) is 1.21. The van der Waals surface area contributed by atoms with E-state index in [0.717, 1.165) is 6.42 Å². The second kappa shape index (κ2) is 8.50. The van der Waals surface area contributed by atoms with Gasteiger partial charge in [0.1, 0.15) is 3.92 Å². The van der Waals surface area contributed by atoms with Gasteiger partial charge < -0.3 is 4.74 Å². The minimum absolute atomic E-state index is 0.0312. The molecular formula is C11H21IO2. The fraction of sp³-hybridized carbons (Fsp3) is 0.909. The van der Waals surface area contributed by atoms with Crippen LogP contribution in [0.1, 0.15) is 46.5 Å². The Balaban J connectivity index is 3.66. The van der Waals surface area contributed by atoms with Gasteiger partial charge in [-0.15, -0.1) is 0 Å². The van der Waals surface area contributed by atoms with Crippen LogP contribution in [-0.2, 0) is 9.53 Å². The SMILES string of the molecule is CCCCC(CC)COC(=O)C(C)I. The van der Waals surface area contributed by atoms with Crippen molar-refractivity contribution in [3.05, 3.63) is 0 Å². The number of rotatable bonds is 7. The van der Waals surface area contributed by atoms with E-state index in [0.29, 0.717) is 12.5 Å². The van der Waals surface area contributed by atoms with Crippen molar-refractivity contribution in [3.8, 4) is 0 Å². The summed E-state index contributed by atoms with van der Waals surface area (Å²) in [5, 5.41) is 0. The molecule has 3 heteroatoms. The van der Waals surface area contributed by atoms with Crippen molar-refractivity contribution < 1.29 is 9.53 Å².